The van der Waals surface area contributed by atoms with Gasteiger partial charge in [0.1, 0.15) is 0 Å². The van der Waals surface area contributed by atoms with Crippen LogP contribution in [0.4, 0.5) is 4.79 Å². The number of likely N-dealkylation sites (tertiary alicyclic amines) is 1. The van der Waals surface area contributed by atoms with Crippen LogP contribution in [0.1, 0.15) is 45.1 Å². The van der Waals surface area contributed by atoms with Crippen LogP contribution in [-0.2, 0) is 15.0 Å². The summed E-state index contributed by atoms with van der Waals surface area (Å²) in [6.45, 7) is 5.36. The van der Waals surface area contributed by atoms with E-state index in [1.54, 1.807) is 38.1 Å². The van der Waals surface area contributed by atoms with Gasteiger partial charge in [-0.05, 0) is 37.9 Å². The van der Waals surface area contributed by atoms with E-state index in [1.807, 2.05) is 6.07 Å². The highest BCUT2D eigenvalue weighted by molar-refractivity contribution is 6.22. The quantitative estimate of drug-likeness (QED) is 0.800. The van der Waals surface area contributed by atoms with Crippen LogP contribution in [0.5, 0.6) is 0 Å². The number of hydrogen-bond donors (Lipinski definition) is 1. The van der Waals surface area contributed by atoms with Crippen LogP contribution >= 0.6 is 0 Å². The molecule has 0 bridgehead atoms. The number of nitrogens with zero attached hydrogens (tertiary/aromatic N) is 2. The standard InChI is InChI=1S/C18H23N3O3.C2H5O/c1-2-18(14-9-5-3-6-10-14)15(22)19-17(24)21(16(18)23)13-20-11-7-4-8-12-20;1-2-3/h3,5-6,9-10H,2,4,7-8,11-13H2,1H3,(H,19,22,24);2H2,1H3/q;-1. The predicted octanol–water partition coefficient (Wildman–Crippen LogP) is 1.22. The third-order valence-corrected chi connectivity index (χ3v) is 5.05. The molecule has 1 N–H and O–H groups in total. The molecule has 7 heteroatoms. The van der Waals surface area contributed by atoms with Crippen molar-refractivity contribution in [2.75, 3.05) is 26.4 Å². The molecule has 148 valence electrons. The summed E-state index contributed by atoms with van der Waals surface area (Å²) in [6, 6.07) is 8.38. The molecule has 2 fully saturated rings. The molecule has 4 amide bonds. The smallest absolute Gasteiger partial charge is 0.331 e. The number of rotatable bonds is 4. The summed E-state index contributed by atoms with van der Waals surface area (Å²) in [5.41, 5.74) is -0.698. The molecule has 0 saturated carbocycles. The largest absolute Gasteiger partial charge is 0.855 e. The Morgan fingerprint density at radius 3 is 2.19 bits per heavy atom. The van der Waals surface area contributed by atoms with Gasteiger partial charge in [0.2, 0.25) is 5.91 Å². The van der Waals surface area contributed by atoms with Crippen molar-refractivity contribution < 1.29 is 19.5 Å². The maximum atomic E-state index is 13.2. The van der Waals surface area contributed by atoms with Crippen molar-refractivity contribution in [2.45, 2.75) is 44.9 Å². The summed E-state index contributed by atoms with van der Waals surface area (Å²) < 4.78 is 0. The van der Waals surface area contributed by atoms with Crippen LogP contribution in [0.3, 0.4) is 0 Å². The number of hydrogen-bond acceptors (Lipinski definition) is 5. The van der Waals surface area contributed by atoms with Crippen LogP contribution in [0.25, 0.3) is 0 Å². The van der Waals surface area contributed by atoms with Gasteiger partial charge in [-0.2, -0.15) is 0 Å². The van der Waals surface area contributed by atoms with Crippen LogP contribution < -0.4 is 10.4 Å². The average Bonchev–Trinajstić information content (AvgIpc) is 2.68. The molecule has 0 aromatic heterocycles. The fourth-order valence-electron chi connectivity index (χ4n) is 3.61. The van der Waals surface area contributed by atoms with Gasteiger partial charge in [0.05, 0.1) is 6.67 Å². The maximum Gasteiger partial charge on any atom is 0.331 e. The molecule has 1 aromatic carbocycles. The number of barbiturate groups is 1. The third-order valence-electron chi connectivity index (χ3n) is 5.05. The maximum absolute atomic E-state index is 13.2. The molecule has 0 spiro atoms. The van der Waals surface area contributed by atoms with Gasteiger partial charge in [0, 0.05) is 0 Å². The van der Waals surface area contributed by atoms with Gasteiger partial charge in [-0.3, -0.25) is 19.8 Å². The lowest BCUT2D eigenvalue weighted by molar-refractivity contribution is -0.361. The van der Waals surface area contributed by atoms with E-state index in [2.05, 4.69) is 10.2 Å². The van der Waals surface area contributed by atoms with E-state index in [0.29, 0.717) is 12.0 Å². The molecule has 0 aliphatic carbocycles. The predicted molar refractivity (Wildman–Crippen MR) is 99.6 cm³/mol. The zero-order valence-corrected chi connectivity index (χ0v) is 16.1. The molecule has 2 saturated heterocycles. The van der Waals surface area contributed by atoms with Crippen molar-refractivity contribution in [1.29, 1.82) is 0 Å². The number of carbonyl (C=O) groups excluding carboxylic acids is 3. The first-order chi connectivity index (χ1) is 13.0. The summed E-state index contributed by atoms with van der Waals surface area (Å²) in [6.07, 6.45) is 3.63. The lowest BCUT2D eigenvalue weighted by atomic mass is 9.75. The van der Waals surface area contributed by atoms with Crippen molar-refractivity contribution in [3.05, 3.63) is 35.9 Å². The first-order valence-electron chi connectivity index (χ1n) is 9.54. The Morgan fingerprint density at radius 2 is 1.63 bits per heavy atom. The summed E-state index contributed by atoms with van der Waals surface area (Å²) >= 11 is 0. The molecule has 1 atom stereocenters. The van der Waals surface area contributed by atoms with Crippen molar-refractivity contribution >= 4 is 17.8 Å². The number of benzene rings is 1. The summed E-state index contributed by atoms with van der Waals surface area (Å²) in [4.78, 5) is 41.4. The van der Waals surface area contributed by atoms with Gasteiger partial charge in [-0.25, -0.2) is 9.69 Å². The van der Waals surface area contributed by atoms with E-state index in [9.17, 15) is 14.4 Å². The van der Waals surface area contributed by atoms with Crippen molar-refractivity contribution in [3.63, 3.8) is 0 Å². The monoisotopic (exact) mass is 374 g/mol. The molecular weight excluding hydrogens is 346 g/mol. The number of urea groups is 1. The highest BCUT2D eigenvalue weighted by Gasteiger charge is 2.54. The van der Waals surface area contributed by atoms with Gasteiger partial charge in [-0.15, -0.1) is 6.61 Å². The molecule has 27 heavy (non-hydrogen) atoms. The van der Waals surface area contributed by atoms with Crippen LogP contribution in [-0.4, -0.2) is 54.0 Å². The molecule has 3 rings (SSSR count). The zero-order valence-electron chi connectivity index (χ0n) is 16.1. The molecule has 0 radical (unpaired) electrons. The highest BCUT2D eigenvalue weighted by Crippen LogP contribution is 2.33. The zero-order chi connectivity index (χ0) is 19.9. The minimum absolute atomic E-state index is 0. The van der Waals surface area contributed by atoms with Crippen molar-refractivity contribution in [1.82, 2.24) is 15.1 Å². The van der Waals surface area contributed by atoms with Crippen molar-refractivity contribution in [2.24, 2.45) is 0 Å². The molecule has 2 aliphatic heterocycles. The number of amides is 4. The van der Waals surface area contributed by atoms with E-state index in [1.165, 1.54) is 11.3 Å². The van der Waals surface area contributed by atoms with E-state index >= 15 is 0 Å². The highest BCUT2D eigenvalue weighted by atomic mass is 16.2. The van der Waals surface area contributed by atoms with E-state index in [4.69, 9.17) is 5.11 Å². The lowest BCUT2D eigenvalue weighted by Gasteiger charge is -2.41. The molecule has 1 aromatic rings. The van der Waals surface area contributed by atoms with Crippen molar-refractivity contribution in [3.8, 4) is 0 Å². The second kappa shape index (κ2) is 9.62. The second-order valence-electron chi connectivity index (χ2n) is 6.73. The minimum Gasteiger partial charge on any atom is -0.855 e. The van der Waals surface area contributed by atoms with E-state index in [-0.39, 0.29) is 13.3 Å². The minimum atomic E-state index is -1.33. The number of imide groups is 2. The van der Waals surface area contributed by atoms with Gasteiger partial charge < -0.3 is 5.11 Å². The Hall–Kier alpha value is -2.25. The first-order valence-corrected chi connectivity index (χ1v) is 9.54. The number of piperidine rings is 1. The topological polar surface area (TPSA) is 92.8 Å². The molecule has 7 nitrogen and oxygen atoms in total. The fourth-order valence-corrected chi connectivity index (χ4v) is 3.61. The summed E-state index contributed by atoms with van der Waals surface area (Å²) in [5.74, 6) is -0.948. The lowest BCUT2D eigenvalue weighted by Crippen LogP contribution is -2.67. The van der Waals surface area contributed by atoms with Crippen LogP contribution in [0.2, 0.25) is 0 Å². The Morgan fingerprint density at radius 1 is 1.04 bits per heavy atom. The van der Waals surface area contributed by atoms with Gasteiger partial charge in [-0.1, -0.05) is 50.6 Å². The average molecular weight is 374 g/mol. The Labute approximate surface area is 160 Å². The third kappa shape index (κ3) is 4.36. The summed E-state index contributed by atoms with van der Waals surface area (Å²) in [5, 5.41) is 11.3. The SMILES string of the molecule is CCC1(c2ccccc2)C(=O)NC(=O)N(CN2CCCCC2)C1=O.CC[O-]. The Kier molecular flexibility index (Phi) is 7.50. The fraction of sp³-hybridized carbons (Fsp3) is 0.550. The van der Waals surface area contributed by atoms with E-state index < -0.39 is 23.3 Å². The molecule has 2 aliphatic rings. The number of nitrogens with one attached hydrogen (secondary N) is 1. The second-order valence-corrected chi connectivity index (χ2v) is 6.73. The number of carbonyl (C=O) groups is 3. The van der Waals surface area contributed by atoms with Gasteiger partial charge >= 0.3 is 6.03 Å². The van der Waals surface area contributed by atoms with Crippen LogP contribution in [0, 0.1) is 0 Å². The van der Waals surface area contributed by atoms with Gasteiger partial charge in [0.25, 0.3) is 5.91 Å². The Bertz CT molecular complexity index is 658. The van der Waals surface area contributed by atoms with Gasteiger partial charge in [0.15, 0.2) is 5.41 Å². The molecule has 2 heterocycles. The van der Waals surface area contributed by atoms with E-state index in [0.717, 1.165) is 25.9 Å². The Balaban J connectivity index is 0.000000817. The molecular formula is C20H28N3O4-. The van der Waals surface area contributed by atoms with Crippen LogP contribution in [0.15, 0.2) is 30.3 Å². The molecule has 1 unspecified atom stereocenters. The normalized spacial score (nSPS) is 23.5. The first kappa shape index (κ1) is 21.1. The summed E-state index contributed by atoms with van der Waals surface area (Å²) in [7, 11) is 0.